The molecule has 0 aliphatic heterocycles. The van der Waals surface area contributed by atoms with Crippen LogP contribution in [0, 0.1) is 0 Å². The highest BCUT2D eigenvalue weighted by atomic mass is 16.1. The van der Waals surface area contributed by atoms with E-state index in [1.165, 1.54) is 0 Å². The third-order valence-electron chi connectivity index (χ3n) is 0.913. The van der Waals surface area contributed by atoms with Gasteiger partial charge in [-0.25, -0.2) is 4.98 Å². The van der Waals surface area contributed by atoms with Crippen LogP contribution >= 0.6 is 0 Å². The van der Waals surface area contributed by atoms with Crippen molar-refractivity contribution in [1.82, 2.24) is 4.98 Å². The number of pyridine rings is 1. The Hall–Kier alpha value is -1.38. The van der Waals surface area contributed by atoms with E-state index in [2.05, 4.69) is 4.98 Å². The van der Waals surface area contributed by atoms with Crippen LogP contribution in [-0.2, 0) is 0 Å². The van der Waals surface area contributed by atoms with Crippen LogP contribution in [0.4, 0.5) is 5.82 Å². The van der Waals surface area contributed by atoms with Gasteiger partial charge in [0.15, 0.2) is 6.29 Å². The molecule has 1 rings (SSSR count). The summed E-state index contributed by atoms with van der Waals surface area (Å²) < 4.78 is 0. The van der Waals surface area contributed by atoms with Crippen LogP contribution in [0.2, 0.25) is 0 Å². The largest absolute Gasteiger partial charge is 0.384 e. The highest BCUT2D eigenvalue weighted by molar-refractivity contribution is 5.72. The SMILES string of the molecule is Nc1cccc(C=O)n1. The summed E-state index contributed by atoms with van der Waals surface area (Å²) in [4.78, 5) is 13.7. The van der Waals surface area contributed by atoms with Gasteiger partial charge >= 0.3 is 0 Å². The number of nitrogen functional groups attached to an aromatic ring is 1. The van der Waals surface area contributed by atoms with Gasteiger partial charge in [0.05, 0.1) is 0 Å². The molecule has 3 heteroatoms. The molecule has 0 aliphatic carbocycles. The van der Waals surface area contributed by atoms with E-state index in [1.807, 2.05) is 0 Å². The average Bonchev–Trinajstić information content (AvgIpc) is 1.88. The number of nitrogens with zero attached hydrogens (tertiary/aromatic N) is 1. The van der Waals surface area contributed by atoms with Crippen molar-refractivity contribution >= 4 is 12.1 Å². The molecule has 0 unspecified atom stereocenters. The molecule has 0 aromatic carbocycles. The molecule has 1 aromatic rings. The number of nitrogens with two attached hydrogens (primary N) is 1. The summed E-state index contributed by atoms with van der Waals surface area (Å²) in [5.74, 6) is 0.375. The summed E-state index contributed by atoms with van der Waals surface area (Å²) in [5, 5.41) is 0. The van der Waals surface area contributed by atoms with Crippen LogP contribution in [0.15, 0.2) is 18.2 Å². The molecule has 0 fully saturated rings. The molecule has 0 bridgehead atoms. The Balaban J connectivity index is 3.07. The van der Waals surface area contributed by atoms with Crippen molar-refractivity contribution < 1.29 is 4.79 Å². The number of hydrogen-bond acceptors (Lipinski definition) is 3. The summed E-state index contributed by atoms with van der Waals surface area (Å²) in [5.41, 5.74) is 5.63. The van der Waals surface area contributed by atoms with Gasteiger partial charge in [-0.1, -0.05) is 6.07 Å². The van der Waals surface area contributed by atoms with Gasteiger partial charge in [0.2, 0.25) is 0 Å². The average molecular weight is 122 g/mol. The molecule has 2 N–H and O–H groups in total. The molecular weight excluding hydrogens is 116 g/mol. The Morgan fingerprint density at radius 3 is 2.78 bits per heavy atom. The maximum atomic E-state index is 10.0. The Morgan fingerprint density at radius 2 is 2.33 bits per heavy atom. The van der Waals surface area contributed by atoms with Gasteiger partial charge in [-0.2, -0.15) is 0 Å². The van der Waals surface area contributed by atoms with Crippen molar-refractivity contribution in [1.29, 1.82) is 0 Å². The zero-order chi connectivity index (χ0) is 6.69. The van der Waals surface area contributed by atoms with Crippen molar-refractivity contribution in [3.05, 3.63) is 23.9 Å². The Labute approximate surface area is 52.5 Å². The van der Waals surface area contributed by atoms with E-state index in [9.17, 15) is 4.79 Å². The predicted octanol–water partition coefficient (Wildman–Crippen LogP) is 0.476. The molecule has 0 amide bonds. The minimum Gasteiger partial charge on any atom is -0.384 e. The van der Waals surface area contributed by atoms with Crippen LogP contribution in [0.25, 0.3) is 0 Å². The number of anilines is 1. The van der Waals surface area contributed by atoms with Crippen LogP contribution < -0.4 is 5.73 Å². The molecule has 0 radical (unpaired) electrons. The van der Waals surface area contributed by atoms with Gasteiger partial charge in [-0.3, -0.25) is 4.79 Å². The zero-order valence-electron chi connectivity index (χ0n) is 4.74. The van der Waals surface area contributed by atoms with Crippen molar-refractivity contribution in [2.45, 2.75) is 0 Å². The third kappa shape index (κ3) is 1.25. The van der Waals surface area contributed by atoms with E-state index in [4.69, 9.17) is 5.73 Å². The molecule has 0 saturated heterocycles. The second kappa shape index (κ2) is 2.26. The lowest BCUT2D eigenvalue weighted by molar-refractivity contribution is 0.111. The van der Waals surface area contributed by atoms with Crippen molar-refractivity contribution in [2.75, 3.05) is 5.73 Å². The second-order valence-corrected chi connectivity index (χ2v) is 1.61. The van der Waals surface area contributed by atoms with Gasteiger partial charge < -0.3 is 5.73 Å². The van der Waals surface area contributed by atoms with E-state index >= 15 is 0 Å². The standard InChI is InChI=1S/C6H6N2O/c7-6-3-1-2-5(4-9)8-6/h1-4H,(H2,7,8). The smallest absolute Gasteiger partial charge is 0.168 e. The second-order valence-electron chi connectivity index (χ2n) is 1.61. The molecule has 0 aliphatic rings. The summed E-state index contributed by atoms with van der Waals surface area (Å²) in [7, 11) is 0. The summed E-state index contributed by atoms with van der Waals surface area (Å²) in [6.45, 7) is 0. The Bertz CT molecular complexity index is 222. The molecule has 46 valence electrons. The highest BCUT2D eigenvalue weighted by Gasteiger charge is 1.88. The van der Waals surface area contributed by atoms with Crippen molar-refractivity contribution in [2.24, 2.45) is 0 Å². The number of hydrogen-bond donors (Lipinski definition) is 1. The van der Waals surface area contributed by atoms with E-state index in [-0.39, 0.29) is 0 Å². The molecule has 0 spiro atoms. The normalized spacial score (nSPS) is 8.89. The number of rotatable bonds is 1. The molecule has 1 heterocycles. The van der Waals surface area contributed by atoms with Crippen LogP contribution in [0.5, 0.6) is 0 Å². The zero-order valence-corrected chi connectivity index (χ0v) is 4.74. The lowest BCUT2D eigenvalue weighted by Gasteiger charge is -1.89. The molecule has 9 heavy (non-hydrogen) atoms. The Kier molecular flexibility index (Phi) is 1.44. The van der Waals surface area contributed by atoms with Gasteiger partial charge in [-0.05, 0) is 12.1 Å². The maximum absolute atomic E-state index is 10.0. The van der Waals surface area contributed by atoms with Gasteiger partial charge in [0.25, 0.3) is 0 Å². The first-order valence-electron chi connectivity index (χ1n) is 2.50. The first-order valence-corrected chi connectivity index (χ1v) is 2.50. The number of carbonyl (C=O) groups excluding carboxylic acids is 1. The fourth-order valence-corrected chi connectivity index (χ4v) is 0.535. The summed E-state index contributed by atoms with van der Waals surface area (Å²) >= 11 is 0. The number of carbonyl (C=O) groups is 1. The van der Waals surface area contributed by atoms with Crippen molar-refractivity contribution in [3.8, 4) is 0 Å². The van der Waals surface area contributed by atoms with E-state index in [0.29, 0.717) is 17.8 Å². The summed E-state index contributed by atoms with van der Waals surface area (Å²) in [6.07, 6.45) is 0.663. The van der Waals surface area contributed by atoms with Crippen molar-refractivity contribution in [3.63, 3.8) is 0 Å². The molecular formula is C6H6N2O. The Morgan fingerprint density at radius 1 is 1.56 bits per heavy atom. The molecule has 0 atom stereocenters. The quantitative estimate of drug-likeness (QED) is 0.551. The van der Waals surface area contributed by atoms with Gasteiger partial charge in [-0.15, -0.1) is 0 Å². The molecule has 1 aromatic heterocycles. The van der Waals surface area contributed by atoms with Crippen LogP contribution in [-0.4, -0.2) is 11.3 Å². The maximum Gasteiger partial charge on any atom is 0.168 e. The number of aromatic nitrogens is 1. The van der Waals surface area contributed by atoms with Crippen LogP contribution in [0.3, 0.4) is 0 Å². The first kappa shape index (κ1) is 5.75. The van der Waals surface area contributed by atoms with Gasteiger partial charge in [0.1, 0.15) is 11.5 Å². The van der Waals surface area contributed by atoms with Gasteiger partial charge in [0, 0.05) is 0 Å². The lowest BCUT2D eigenvalue weighted by Crippen LogP contribution is -1.92. The number of aldehydes is 1. The fourth-order valence-electron chi connectivity index (χ4n) is 0.535. The van der Waals surface area contributed by atoms with E-state index < -0.39 is 0 Å². The minimum absolute atomic E-state index is 0.370. The lowest BCUT2D eigenvalue weighted by atomic mass is 10.4. The molecule has 3 nitrogen and oxygen atoms in total. The topological polar surface area (TPSA) is 56.0 Å². The summed E-state index contributed by atoms with van der Waals surface area (Å²) in [6, 6.07) is 4.92. The monoisotopic (exact) mass is 122 g/mol. The minimum atomic E-state index is 0.370. The van der Waals surface area contributed by atoms with E-state index in [0.717, 1.165) is 0 Å². The predicted molar refractivity (Wildman–Crippen MR) is 34.0 cm³/mol. The molecule has 0 saturated carbocycles. The van der Waals surface area contributed by atoms with Crippen LogP contribution in [0.1, 0.15) is 10.5 Å². The van der Waals surface area contributed by atoms with E-state index in [1.54, 1.807) is 18.2 Å². The third-order valence-corrected chi connectivity index (χ3v) is 0.913. The highest BCUT2D eigenvalue weighted by Crippen LogP contribution is 1.96. The first-order chi connectivity index (χ1) is 4.33. The fraction of sp³-hybridized carbons (Fsp3) is 0.